The number of rotatable bonds is 8. The number of hydrogen-bond acceptors (Lipinski definition) is 8. The summed E-state index contributed by atoms with van der Waals surface area (Å²) < 4.78 is 29.2. The zero-order chi connectivity index (χ0) is 23.9. The van der Waals surface area contributed by atoms with Gasteiger partial charge in [-0.25, -0.2) is 14.2 Å². The molecule has 0 aliphatic carbocycles. The van der Waals surface area contributed by atoms with Crippen LogP contribution in [0.2, 0.25) is 0 Å². The molecule has 1 aliphatic heterocycles. The van der Waals surface area contributed by atoms with Crippen molar-refractivity contribution in [1.82, 2.24) is 4.98 Å². The molecule has 0 unspecified atom stereocenters. The number of nitrogens with zero attached hydrogens (tertiary/aromatic N) is 1. The van der Waals surface area contributed by atoms with E-state index in [1.165, 1.54) is 36.5 Å². The molecule has 0 fully saturated rings. The molecule has 0 saturated heterocycles. The van der Waals surface area contributed by atoms with Crippen LogP contribution in [-0.4, -0.2) is 41.9 Å². The molecule has 2 N–H and O–H groups in total. The van der Waals surface area contributed by atoms with Crippen LogP contribution in [-0.2, 0) is 14.3 Å². The number of ether oxygens (including phenoxy) is 3. The predicted molar refractivity (Wildman–Crippen MR) is 121 cm³/mol. The van der Waals surface area contributed by atoms with Gasteiger partial charge in [0.25, 0.3) is 5.91 Å². The van der Waals surface area contributed by atoms with Crippen LogP contribution in [0.1, 0.15) is 10.4 Å². The minimum atomic E-state index is -0.796. The molecule has 0 atom stereocenters. The third kappa shape index (κ3) is 5.81. The summed E-state index contributed by atoms with van der Waals surface area (Å²) in [5.41, 5.74) is 0.619. The summed E-state index contributed by atoms with van der Waals surface area (Å²) in [6.07, 6.45) is 1.47. The molecule has 9 nitrogen and oxygen atoms in total. The molecule has 0 saturated carbocycles. The maximum Gasteiger partial charge on any atom is 0.341 e. The summed E-state index contributed by atoms with van der Waals surface area (Å²) in [5, 5.41) is 5.33. The van der Waals surface area contributed by atoms with E-state index in [4.69, 9.17) is 14.2 Å². The summed E-state index contributed by atoms with van der Waals surface area (Å²) in [6, 6.07) is 13.7. The zero-order valence-electron chi connectivity index (χ0n) is 17.6. The fraction of sp³-hybridized carbons (Fsp3) is 0.130. The molecule has 4 rings (SSSR count). The van der Waals surface area contributed by atoms with Crippen LogP contribution in [0.25, 0.3) is 0 Å². The maximum absolute atomic E-state index is 13.6. The van der Waals surface area contributed by atoms with Crippen LogP contribution < -0.4 is 20.1 Å². The largest absolute Gasteiger partial charge is 0.454 e. The Morgan fingerprint density at radius 2 is 1.82 bits per heavy atom. The van der Waals surface area contributed by atoms with E-state index in [0.717, 1.165) is 11.8 Å². The summed E-state index contributed by atoms with van der Waals surface area (Å²) in [7, 11) is 0. The quantitative estimate of drug-likeness (QED) is 0.370. The number of para-hydroxylation sites is 1. The van der Waals surface area contributed by atoms with Crippen molar-refractivity contribution in [2.24, 2.45) is 0 Å². The molecule has 2 aromatic carbocycles. The number of nitrogens with one attached hydrogen (secondary N) is 2. The highest BCUT2D eigenvalue weighted by molar-refractivity contribution is 8.00. The van der Waals surface area contributed by atoms with Crippen molar-refractivity contribution in [1.29, 1.82) is 0 Å². The normalized spacial score (nSPS) is 11.6. The van der Waals surface area contributed by atoms with Crippen molar-refractivity contribution in [2.75, 3.05) is 29.8 Å². The SMILES string of the molecule is O=C(CSc1ncccc1C(=O)OCC(=O)Nc1ccccc1F)Nc1ccc2c(c1)OCO2. The standard InChI is InChI=1S/C23H18FN3O6S/c24-16-5-1-2-6-17(16)27-20(28)11-31-23(30)15-4-3-9-25-22(15)34-12-21(29)26-14-7-8-18-19(10-14)33-13-32-18/h1-10H,11-13H2,(H,26,29)(H,27,28). The van der Waals surface area contributed by atoms with Gasteiger partial charge in [-0.1, -0.05) is 23.9 Å². The van der Waals surface area contributed by atoms with Crippen LogP contribution in [0, 0.1) is 5.82 Å². The van der Waals surface area contributed by atoms with Gasteiger partial charge in [-0.05, 0) is 36.4 Å². The number of carbonyl (C=O) groups is 3. The van der Waals surface area contributed by atoms with Gasteiger partial charge in [-0.2, -0.15) is 0 Å². The van der Waals surface area contributed by atoms with E-state index >= 15 is 0 Å². The van der Waals surface area contributed by atoms with Gasteiger partial charge in [0.1, 0.15) is 10.8 Å². The van der Waals surface area contributed by atoms with Crippen molar-refractivity contribution >= 4 is 40.9 Å². The fourth-order valence-corrected chi connectivity index (χ4v) is 3.71. The van der Waals surface area contributed by atoms with Crippen molar-refractivity contribution < 1.29 is 33.0 Å². The molecule has 0 radical (unpaired) electrons. The summed E-state index contributed by atoms with van der Waals surface area (Å²) in [4.78, 5) is 41.0. The average Bonchev–Trinajstić information content (AvgIpc) is 3.31. The molecule has 2 amide bonds. The highest BCUT2D eigenvalue weighted by atomic mass is 32.2. The average molecular weight is 483 g/mol. The minimum Gasteiger partial charge on any atom is -0.454 e. The monoisotopic (exact) mass is 483 g/mol. The van der Waals surface area contributed by atoms with E-state index in [1.807, 2.05) is 0 Å². The lowest BCUT2D eigenvalue weighted by Gasteiger charge is -2.10. The molecule has 174 valence electrons. The first-order valence-corrected chi connectivity index (χ1v) is 11.0. The van der Waals surface area contributed by atoms with E-state index in [9.17, 15) is 18.8 Å². The van der Waals surface area contributed by atoms with Crippen LogP contribution in [0.4, 0.5) is 15.8 Å². The summed E-state index contributed by atoms with van der Waals surface area (Å²) >= 11 is 1.04. The first-order chi connectivity index (χ1) is 16.5. The number of halogens is 1. The number of hydrogen-bond donors (Lipinski definition) is 2. The Labute approximate surface area is 197 Å². The van der Waals surface area contributed by atoms with Crippen LogP contribution in [0.3, 0.4) is 0 Å². The minimum absolute atomic E-state index is 0.0188. The highest BCUT2D eigenvalue weighted by Gasteiger charge is 2.18. The number of anilines is 2. The van der Waals surface area contributed by atoms with Crippen LogP contribution in [0.15, 0.2) is 65.8 Å². The lowest BCUT2D eigenvalue weighted by Crippen LogP contribution is -2.22. The van der Waals surface area contributed by atoms with E-state index in [2.05, 4.69) is 15.6 Å². The zero-order valence-corrected chi connectivity index (χ0v) is 18.4. The van der Waals surface area contributed by atoms with Crippen LogP contribution >= 0.6 is 11.8 Å². The molecule has 1 aromatic heterocycles. The van der Waals surface area contributed by atoms with E-state index in [-0.39, 0.29) is 34.7 Å². The molecule has 1 aliphatic rings. The van der Waals surface area contributed by atoms with Gasteiger partial charge in [-0.3, -0.25) is 9.59 Å². The first-order valence-electron chi connectivity index (χ1n) is 9.98. The van der Waals surface area contributed by atoms with Crippen molar-refractivity contribution in [2.45, 2.75) is 5.03 Å². The molecular weight excluding hydrogens is 465 g/mol. The van der Waals surface area contributed by atoms with Crippen molar-refractivity contribution in [3.05, 3.63) is 72.2 Å². The van der Waals surface area contributed by atoms with Gasteiger partial charge in [0.05, 0.1) is 17.0 Å². The smallest absolute Gasteiger partial charge is 0.341 e. The maximum atomic E-state index is 13.6. The van der Waals surface area contributed by atoms with E-state index in [0.29, 0.717) is 17.2 Å². The van der Waals surface area contributed by atoms with Gasteiger partial charge in [0.2, 0.25) is 12.7 Å². The van der Waals surface area contributed by atoms with Gasteiger partial charge in [0, 0.05) is 18.0 Å². The number of benzene rings is 2. The third-order valence-electron chi connectivity index (χ3n) is 4.47. The second-order valence-electron chi connectivity index (χ2n) is 6.87. The molecule has 11 heteroatoms. The van der Waals surface area contributed by atoms with Gasteiger partial charge in [0.15, 0.2) is 18.1 Å². The van der Waals surface area contributed by atoms with Crippen molar-refractivity contribution in [3.63, 3.8) is 0 Å². The second-order valence-corrected chi connectivity index (χ2v) is 7.83. The van der Waals surface area contributed by atoms with Gasteiger partial charge >= 0.3 is 5.97 Å². The molecule has 0 bridgehead atoms. The number of fused-ring (bicyclic) bond motifs is 1. The molecule has 0 spiro atoms. The Bertz CT molecular complexity index is 1240. The second kappa shape index (κ2) is 10.7. The van der Waals surface area contributed by atoms with Crippen molar-refractivity contribution in [3.8, 4) is 11.5 Å². The van der Waals surface area contributed by atoms with E-state index < -0.39 is 24.3 Å². The Morgan fingerprint density at radius 3 is 2.68 bits per heavy atom. The van der Waals surface area contributed by atoms with Crippen LogP contribution in [0.5, 0.6) is 11.5 Å². The lowest BCUT2D eigenvalue weighted by atomic mass is 10.3. The summed E-state index contributed by atoms with van der Waals surface area (Å²) in [6.45, 7) is -0.483. The molecule has 2 heterocycles. The van der Waals surface area contributed by atoms with Gasteiger partial charge in [-0.15, -0.1) is 0 Å². The third-order valence-corrected chi connectivity index (χ3v) is 5.47. The number of amides is 2. The molecule has 34 heavy (non-hydrogen) atoms. The number of carbonyl (C=O) groups excluding carboxylic acids is 3. The number of aromatic nitrogens is 1. The topological polar surface area (TPSA) is 116 Å². The lowest BCUT2D eigenvalue weighted by molar-refractivity contribution is -0.119. The Hall–Kier alpha value is -4.12. The predicted octanol–water partition coefficient (Wildman–Crippen LogP) is 3.48. The molecule has 3 aromatic rings. The van der Waals surface area contributed by atoms with Gasteiger partial charge < -0.3 is 24.8 Å². The number of thioether (sulfide) groups is 1. The Morgan fingerprint density at radius 1 is 1.00 bits per heavy atom. The van der Waals surface area contributed by atoms with E-state index in [1.54, 1.807) is 24.3 Å². The summed E-state index contributed by atoms with van der Waals surface area (Å²) in [5.74, 6) is -1.30. The Kier molecular flexibility index (Phi) is 7.23. The highest BCUT2D eigenvalue weighted by Crippen LogP contribution is 2.34. The Balaban J connectivity index is 1.30. The number of esters is 1. The fourth-order valence-electron chi connectivity index (χ4n) is 2.92. The molecular formula is C23H18FN3O6S. The first kappa shape index (κ1) is 23.1. The number of pyridine rings is 1.